The van der Waals surface area contributed by atoms with Crippen LogP contribution in [0.15, 0.2) is 103 Å². The second-order valence-corrected chi connectivity index (χ2v) is 10.7. The van der Waals surface area contributed by atoms with Crippen LogP contribution in [-0.4, -0.2) is 34.1 Å². The van der Waals surface area contributed by atoms with Gasteiger partial charge in [0, 0.05) is 6.42 Å². The molecule has 38 heavy (non-hydrogen) atoms. The summed E-state index contributed by atoms with van der Waals surface area (Å²) in [6.07, 6.45) is 0.809. The van der Waals surface area contributed by atoms with Gasteiger partial charge in [-0.3, -0.25) is 4.57 Å². The molecule has 10 heteroatoms. The third kappa shape index (κ3) is 5.75. The lowest BCUT2D eigenvalue weighted by Crippen LogP contribution is -2.38. The third-order valence-electron chi connectivity index (χ3n) is 6.20. The van der Waals surface area contributed by atoms with Gasteiger partial charge in [0.05, 0.1) is 19.4 Å². The van der Waals surface area contributed by atoms with Gasteiger partial charge in [-0.15, -0.1) is 4.91 Å². The van der Waals surface area contributed by atoms with Gasteiger partial charge in [-0.1, -0.05) is 91.0 Å². The quantitative estimate of drug-likeness (QED) is 0.0785. The van der Waals surface area contributed by atoms with Crippen molar-refractivity contribution in [3.63, 3.8) is 0 Å². The monoisotopic (exact) mass is 534 g/mol. The summed E-state index contributed by atoms with van der Waals surface area (Å²) in [6.45, 7) is 3.95. The van der Waals surface area contributed by atoms with Gasteiger partial charge in [-0.2, -0.15) is 5.10 Å². The highest BCUT2D eigenvalue weighted by Gasteiger charge is 2.40. The molecule has 3 aromatic carbocycles. The van der Waals surface area contributed by atoms with Crippen molar-refractivity contribution in [3.8, 4) is 0 Å². The van der Waals surface area contributed by atoms with Gasteiger partial charge in [0.25, 0.3) is 0 Å². The van der Waals surface area contributed by atoms with Crippen molar-refractivity contribution in [1.29, 1.82) is 0 Å². The molecule has 4 aromatic rings. The van der Waals surface area contributed by atoms with E-state index in [1.165, 1.54) is 0 Å². The van der Waals surface area contributed by atoms with Crippen molar-refractivity contribution in [3.05, 3.63) is 125 Å². The summed E-state index contributed by atoms with van der Waals surface area (Å²) in [5.41, 5.74) is 2.03. The number of hydrogen-bond acceptors (Lipinski definition) is 8. The van der Waals surface area contributed by atoms with Crippen molar-refractivity contribution in [2.45, 2.75) is 31.9 Å². The molecule has 0 amide bonds. The van der Waals surface area contributed by atoms with Gasteiger partial charge in [-0.25, -0.2) is 9.67 Å². The Balaban J connectivity index is 1.82. The number of benzene rings is 3. The Hall–Kier alpha value is -3.65. The minimum absolute atomic E-state index is 0.0185. The van der Waals surface area contributed by atoms with Crippen LogP contribution < -0.4 is 0 Å². The standard InChI is InChI=1S/C28H31N4O5P/c1-3-35-38(34,36-4-2)21-20-26(37-31-33)27-29-22-32(30-27)28(23-14-8-5-9-15-23,24-16-10-6-11-17-24)25-18-12-7-13-19-25/h5-19,22,26H,3-4,20-21H2,1-2H3. The topological polar surface area (TPSA) is 105 Å². The fourth-order valence-electron chi connectivity index (χ4n) is 4.64. The van der Waals surface area contributed by atoms with Crippen LogP contribution in [0.1, 0.15) is 48.9 Å². The van der Waals surface area contributed by atoms with Crippen molar-refractivity contribution in [2.24, 2.45) is 5.34 Å². The SMILES string of the molecule is CCOP(=O)(CCC(ON=O)c1ncn(C(c2ccccc2)(c2ccccc2)c2ccccc2)n1)OCC. The molecule has 0 aliphatic carbocycles. The number of nitrogens with zero attached hydrogens (tertiary/aromatic N) is 4. The maximum atomic E-state index is 13.0. The lowest BCUT2D eigenvalue weighted by molar-refractivity contribution is 0.0445. The predicted octanol–water partition coefficient (Wildman–Crippen LogP) is 6.51. The van der Waals surface area contributed by atoms with E-state index < -0.39 is 19.2 Å². The first kappa shape index (κ1) is 27.4. The molecular formula is C28H31N4O5P. The first-order chi connectivity index (χ1) is 18.6. The summed E-state index contributed by atoms with van der Waals surface area (Å²) in [5, 5.41) is 7.47. The zero-order valence-electron chi connectivity index (χ0n) is 21.4. The molecular weight excluding hydrogens is 503 g/mol. The lowest BCUT2D eigenvalue weighted by Gasteiger charge is -2.35. The molecule has 1 unspecified atom stereocenters. The van der Waals surface area contributed by atoms with Crippen molar-refractivity contribution in [1.82, 2.24) is 14.8 Å². The highest BCUT2D eigenvalue weighted by Crippen LogP contribution is 2.50. The summed E-state index contributed by atoms with van der Waals surface area (Å²) < 4.78 is 25.6. The Bertz CT molecular complexity index is 1230. The smallest absolute Gasteiger partial charge is 0.330 e. The van der Waals surface area contributed by atoms with Crippen LogP contribution in [0.3, 0.4) is 0 Å². The summed E-state index contributed by atoms with van der Waals surface area (Å²) in [4.78, 5) is 20.8. The first-order valence-electron chi connectivity index (χ1n) is 12.5. The van der Waals surface area contributed by atoms with E-state index in [0.29, 0.717) is 0 Å². The molecule has 1 atom stereocenters. The molecule has 1 heterocycles. The first-order valence-corrected chi connectivity index (χ1v) is 14.3. The lowest BCUT2D eigenvalue weighted by atomic mass is 9.77. The van der Waals surface area contributed by atoms with Crippen LogP contribution in [0.4, 0.5) is 0 Å². The van der Waals surface area contributed by atoms with Gasteiger partial charge in [0.2, 0.25) is 0 Å². The largest absolute Gasteiger partial charge is 0.352 e. The Morgan fingerprint density at radius 1 is 0.842 bits per heavy atom. The second kappa shape index (κ2) is 12.7. The zero-order chi connectivity index (χ0) is 26.8. The molecule has 0 bridgehead atoms. The Morgan fingerprint density at radius 2 is 1.32 bits per heavy atom. The summed E-state index contributed by atoms with van der Waals surface area (Å²) in [6, 6.07) is 30.0. The molecule has 4 rings (SSSR count). The van der Waals surface area contributed by atoms with E-state index in [2.05, 4.69) is 10.3 Å². The van der Waals surface area contributed by atoms with Gasteiger partial charge in [0.15, 0.2) is 17.3 Å². The molecule has 0 saturated carbocycles. The summed E-state index contributed by atoms with van der Waals surface area (Å²) in [5.74, 6) is 0.233. The minimum atomic E-state index is -3.37. The van der Waals surface area contributed by atoms with Gasteiger partial charge in [-0.05, 0) is 30.5 Å². The third-order valence-corrected chi connectivity index (χ3v) is 8.31. The van der Waals surface area contributed by atoms with E-state index >= 15 is 0 Å². The van der Waals surface area contributed by atoms with Crippen molar-refractivity contribution in [2.75, 3.05) is 19.4 Å². The van der Waals surface area contributed by atoms with Crippen LogP contribution in [0.25, 0.3) is 0 Å². The molecule has 0 fully saturated rings. The van der Waals surface area contributed by atoms with Crippen LogP contribution in [0.2, 0.25) is 0 Å². The molecule has 0 aliphatic rings. The summed E-state index contributed by atoms with van der Waals surface area (Å²) in [7, 11) is -3.37. The minimum Gasteiger partial charge on any atom is -0.352 e. The number of aromatic nitrogens is 3. The van der Waals surface area contributed by atoms with E-state index in [-0.39, 0.29) is 31.6 Å². The normalized spacial score (nSPS) is 12.7. The van der Waals surface area contributed by atoms with E-state index in [0.717, 1.165) is 16.7 Å². The predicted molar refractivity (Wildman–Crippen MR) is 145 cm³/mol. The van der Waals surface area contributed by atoms with Crippen LogP contribution in [-0.2, 0) is 24.0 Å². The van der Waals surface area contributed by atoms with Crippen molar-refractivity contribution >= 4 is 7.60 Å². The molecule has 1 aromatic heterocycles. The van der Waals surface area contributed by atoms with E-state index in [4.69, 9.17) is 19.0 Å². The molecule has 0 N–H and O–H groups in total. The second-order valence-electron chi connectivity index (χ2n) is 8.48. The van der Waals surface area contributed by atoms with Gasteiger partial charge >= 0.3 is 7.60 Å². The number of hydrogen-bond donors (Lipinski definition) is 0. The van der Waals surface area contributed by atoms with E-state index in [9.17, 15) is 9.47 Å². The fourth-order valence-corrected chi connectivity index (χ4v) is 6.31. The molecule has 0 aliphatic heterocycles. The average molecular weight is 535 g/mol. The summed E-state index contributed by atoms with van der Waals surface area (Å²) >= 11 is 0. The maximum absolute atomic E-state index is 13.0. The Labute approximate surface area is 222 Å². The highest BCUT2D eigenvalue weighted by atomic mass is 31.2. The van der Waals surface area contributed by atoms with E-state index in [1.807, 2.05) is 91.0 Å². The molecule has 0 saturated heterocycles. The van der Waals surface area contributed by atoms with Crippen LogP contribution >= 0.6 is 7.60 Å². The Morgan fingerprint density at radius 3 is 1.74 bits per heavy atom. The van der Waals surface area contributed by atoms with E-state index in [1.54, 1.807) is 24.9 Å². The van der Waals surface area contributed by atoms with Crippen LogP contribution in [0, 0.1) is 4.91 Å². The van der Waals surface area contributed by atoms with Gasteiger partial charge in [0.1, 0.15) is 11.9 Å². The van der Waals surface area contributed by atoms with Gasteiger partial charge < -0.3 is 13.9 Å². The molecule has 0 radical (unpaired) electrons. The van der Waals surface area contributed by atoms with Crippen molar-refractivity contribution < 1.29 is 18.5 Å². The maximum Gasteiger partial charge on any atom is 0.330 e. The molecule has 198 valence electrons. The molecule has 0 spiro atoms. The molecule has 9 nitrogen and oxygen atoms in total. The zero-order valence-corrected chi connectivity index (χ0v) is 22.3. The fraction of sp³-hybridized carbons (Fsp3) is 0.286. The number of rotatable bonds is 14. The Kier molecular flexibility index (Phi) is 9.18. The average Bonchev–Trinajstić information content (AvgIpc) is 3.44. The highest BCUT2D eigenvalue weighted by molar-refractivity contribution is 7.53. The van der Waals surface area contributed by atoms with Crippen LogP contribution in [0.5, 0.6) is 0 Å².